The molecule has 0 atom stereocenters. The molecule has 0 aromatic heterocycles. The number of methoxy groups -OCH3 is 1. The van der Waals surface area contributed by atoms with Crippen molar-refractivity contribution in [3.05, 3.63) is 17.7 Å². The number of phenolic OH excluding ortho intramolecular Hbond substituents is 1. The van der Waals surface area contributed by atoms with Gasteiger partial charge in [0.05, 0.1) is 19.1 Å². The van der Waals surface area contributed by atoms with Gasteiger partial charge in [0.2, 0.25) is 0 Å². The van der Waals surface area contributed by atoms with Gasteiger partial charge in [-0.2, -0.15) is 0 Å². The number of benzene rings is 1. The minimum atomic E-state index is -0.523. The van der Waals surface area contributed by atoms with Crippen molar-refractivity contribution in [3.63, 3.8) is 0 Å². The molecule has 0 bridgehead atoms. The molecule has 2 rings (SSSR count). The van der Waals surface area contributed by atoms with Gasteiger partial charge < -0.3 is 14.6 Å². The maximum Gasteiger partial charge on any atom is 0.170 e. The van der Waals surface area contributed by atoms with Crippen LogP contribution in [0.3, 0.4) is 0 Å². The highest BCUT2D eigenvalue weighted by Crippen LogP contribution is 2.39. The Kier molecular flexibility index (Phi) is 2.30. The number of carbonyl (C=O) groups excluding carboxylic acids is 1. The van der Waals surface area contributed by atoms with Crippen LogP contribution in [0.2, 0.25) is 0 Å². The van der Waals surface area contributed by atoms with Crippen LogP contribution in [0.5, 0.6) is 17.2 Å². The highest BCUT2D eigenvalue weighted by atomic mass is 16.5. The second-order valence-corrected chi connectivity index (χ2v) is 4.48. The van der Waals surface area contributed by atoms with Gasteiger partial charge in [0.25, 0.3) is 0 Å². The zero-order chi connectivity index (χ0) is 11.9. The Balaban J connectivity index is 2.53. The zero-order valence-corrected chi connectivity index (χ0v) is 9.53. The molecule has 4 nitrogen and oxygen atoms in total. The van der Waals surface area contributed by atoms with Crippen LogP contribution in [0.25, 0.3) is 0 Å². The molecule has 4 heteroatoms. The van der Waals surface area contributed by atoms with Crippen molar-refractivity contribution >= 4 is 5.78 Å². The summed E-state index contributed by atoms with van der Waals surface area (Å²) in [5.74, 6) is 0.686. The smallest absolute Gasteiger partial charge is 0.170 e. The average Bonchev–Trinajstić information content (AvgIpc) is 2.14. The molecular weight excluding hydrogens is 208 g/mol. The van der Waals surface area contributed by atoms with Crippen LogP contribution in [-0.4, -0.2) is 23.6 Å². The SMILES string of the molecule is COc1cc2c(cc1O)OC(C)(C)CC2=O. The average molecular weight is 222 g/mol. The van der Waals surface area contributed by atoms with Crippen LogP contribution in [0, 0.1) is 0 Å². The first-order valence-corrected chi connectivity index (χ1v) is 5.06. The first-order valence-electron chi connectivity index (χ1n) is 5.06. The van der Waals surface area contributed by atoms with E-state index in [1.54, 1.807) is 0 Å². The van der Waals surface area contributed by atoms with Crippen LogP contribution in [-0.2, 0) is 0 Å². The van der Waals surface area contributed by atoms with Crippen LogP contribution < -0.4 is 9.47 Å². The minimum Gasteiger partial charge on any atom is -0.504 e. The third-order valence-electron chi connectivity index (χ3n) is 2.55. The molecule has 1 aliphatic heterocycles. The summed E-state index contributed by atoms with van der Waals surface area (Å²) in [6.45, 7) is 3.68. The lowest BCUT2D eigenvalue weighted by Crippen LogP contribution is -2.35. The zero-order valence-electron chi connectivity index (χ0n) is 9.53. The number of hydrogen-bond acceptors (Lipinski definition) is 4. The Labute approximate surface area is 93.8 Å². The van der Waals surface area contributed by atoms with Crippen molar-refractivity contribution in [1.82, 2.24) is 0 Å². The predicted octanol–water partition coefficient (Wildman–Crippen LogP) is 2.14. The second kappa shape index (κ2) is 3.40. The van der Waals surface area contributed by atoms with E-state index >= 15 is 0 Å². The third-order valence-corrected chi connectivity index (χ3v) is 2.55. The van der Waals surface area contributed by atoms with Crippen molar-refractivity contribution in [1.29, 1.82) is 0 Å². The maximum absolute atomic E-state index is 11.9. The highest BCUT2D eigenvalue weighted by Gasteiger charge is 2.33. The van der Waals surface area contributed by atoms with Gasteiger partial charge in [0.15, 0.2) is 17.3 Å². The van der Waals surface area contributed by atoms with E-state index in [0.717, 1.165) is 0 Å². The van der Waals surface area contributed by atoms with Crippen LogP contribution >= 0.6 is 0 Å². The van der Waals surface area contributed by atoms with Gasteiger partial charge in [0, 0.05) is 6.07 Å². The molecule has 0 saturated carbocycles. The monoisotopic (exact) mass is 222 g/mol. The van der Waals surface area contributed by atoms with E-state index in [2.05, 4.69) is 0 Å². The highest BCUT2D eigenvalue weighted by molar-refractivity contribution is 6.01. The first-order chi connectivity index (χ1) is 7.43. The topological polar surface area (TPSA) is 55.8 Å². The summed E-state index contributed by atoms with van der Waals surface area (Å²) in [5.41, 5.74) is -0.0561. The number of ketones is 1. The lowest BCUT2D eigenvalue weighted by atomic mass is 9.93. The Hall–Kier alpha value is -1.71. The molecule has 1 aromatic rings. The van der Waals surface area contributed by atoms with E-state index in [1.165, 1.54) is 19.2 Å². The molecule has 1 heterocycles. The fourth-order valence-corrected chi connectivity index (χ4v) is 1.83. The number of phenols is 1. The van der Waals surface area contributed by atoms with E-state index in [0.29, 0.717) is 17.7 Å². The molecule has 0 amide bonds. The lowest BCUT2D eigenvalue weighted by Gasteiger charge is -2.31. The maximum atomic E-state index is 11.9. The van der Waals surface area contributed by atoms with Gasteiger partial charge in [-0.1, -0.05) is 0 Å². The van der Waals surface area contributed by atoms with E-state index < -0.39 is 5.60 Å². The van der Waals surface area contributed by atoms with Gasteiger partial charge in [0.1, 0.15) is 11.4 Å². The Morgan fingerprint density at radius 1 is 1.44 bits per heavy atom. The van der Waals surface area contributed by atoms with Crippen LogP contribution in [0.15, 0.2) is 12.1 Å². The van der Waals surface area contributed by atoms with Crippen molar-refractivity contribution < 1.29 is 19.4 Å². The van der Waals surface area contributed by atoms with Gasteiger partial charge >= 0.3 is 0 Å². The van der Waals surface area contributed by atoms with Crippen LogP contribution in [0.4, 0.5) is 0 Å². The standard InChI is InChI=1S/C12H14O4/c1-12(2)6-9(14)7-4-11(15-3)8(13)5-10(7)16-12/h4-5,13H,6H2,1-3H3. The first kappa shape index (κ1) is 10.8. The van der Waals surface area contributed by atoms with Gasteiger partial charge in [-0.3, -0.25) is 4.79 Å². The van der Waals surface area contributed by atoms with Crippen LogP contribution in [0.1, 0.15) is 30.6 Å². The second-order valence-electron chi connectivity index (χ2n) is 4.48. The van der Waals surface area contributed by atoms with E-state index in [1.807, 2.05) is 13.8 Å². The minimum absolute atomic E-state index is 0.00421. The van der Waals surface area contributed by atoms with E-state index in [4.69, 9.17) is 9.47 Å². The molecule has 16 heavy (non-hydrogen) atoms. The number of aromatic hydroxyl groups is 1. The van der Waals surface area contributed by atoms with Gasteiger partial charge in [-0.15, -0.1) is 0 Å². The predicted molar refractivity (Wildman–Crippen MR) is 58.3 cm³/mol. The molecule has 0 spiro atoms. The quantitative estimate of drug-likeness (QED) is 0.791. The van der Waals surface area contributed by atoms with Crippen molar-refractivity contribution in [2.45, 2.75) is 25.9 Å². The van der Waals surface area contributed by atoms with Crippen molar-refractivity contribution in [2.24, 2.45) is 0 Å². The Morgan fingerprint density at radius 2 is 2.12 bits per heavy atom. The van der Waals surface area contributed by atoms with Gasteiger partial charge in [-0.25, -0.2) is 0 Å². The Morgan fingerprint density at radius 3 is 2.75 bits per heavy atom. The summed E-state index contributed by atoms with van der Waals surface area (Å²) in [5, 5.41) is 9.61. The number of rotatable bonds is 1. The third kappa shape index (κ3) is 1.71. The normalized spacial score (nSPS) is 17.6. The largest absolute Gasteiger partial charge is 0.504 e. The summed E-state index contributed by atoms with van der Waals surface area (Å²) in [4.78, 5) is 11.9. The number of ether oxygens (including phenoxy) is 2. The molecule has 86 valence electrons. The fraction of sp³-hybridized carbons (Fsp3) is 0.417. The number of carbonyl (C=O) groups is 1. The van der Waals surface area contributed by atoms with Crippen molar-refractivity contribution in [3.8, 4) is 17.2 Å². The fourth-order valence-electron chi connectivity index (χ4n) is 1.83. The molecule has 0 unspecified atom stereocenters. The van der Waals surface area contributed by atoms with E-state index in [9.17, 15) is 9.90 Å². The lowest BCUT2D eigenvalue weighted by molar-refractivity contribution is 0.0617. The number of fused-ring (bicyclic) bond motifs is 1. The summed E-state index contributed by atoms with van der Waals surface area (Å²) in [6.07, 6.45) is 0.327. The Bertz CT molecular complexity index is 449. The summed E-state index contributed by atoms with van der Waals surface area (Å²) in [6, 6.07) is 2.94. The molecule has 1 N–H and O–H groups in total. The van der Waals surface area contributed by atoms with Crippen molar-refractivity contribution in [2.75, 3.05) is 7.11 Å². The summed E-state index contributed by atoms with van der Waals surface area (Å²) >= 11 is 0. The number of Topliss-reactive ketones (excluding diaryl/α,β-unsaturated/α-hetero) is 1. The molecule has 0 fully saturated rings. The molecule has 1 aromatic carbocycles. The summed E-state index contributed by atoms with van der Waals surface area (Å²) < 4.78 is 10.6. The van der Waals surface area contributed by atoms with E-state index in [-0.39, 0.29) is 17.3 Å². The van der Waals surface area contributed by atoms with Gasteiger partial charge in [-0.05, 0) is 19.9 Å². The molecule has 0 aliphatic carbocycles. The molecular formula is C12H14O4. The number of hydrogen-bond donors (Lipinski definition) is 1. The summed E-state index contributed by atoms with van der Waals surface area (Å²) in [7, 11) is 1.44. The molecule has 1 aliphatic rings. The molecule has 0 saturated heterocycles. The molecule has 0 radical (unpaired) electrons.